The normalized spacial score (nSPS) is 11.0. The average molecular weight is 694 g/mol. The van der Waals surface area contributed by atoms with Gasteiger partial charge in [-0.3, -0.25) is 4.99 Å². The van der Waals surface area contributed by atoms with Crippen molar-refractivity contribution in [3.8, 4) is 22.6 Å². The molecule has 0 amide bonds. The van der Waals surface area contributed by atoms with Crippen LogP contribution in [0.25, 0.3) is 11.1 Å². The number of likely N-dealkylation sites (N-methyl/N-ethyl adjacent to an activating group) is 1. The van der Waals surface area contributed by atoms with Crippen LogP contribution in [0, 0.1) is 0 Å². The third kappa shape index (κ3) is 16.4. The molecule has 0 spiro atoms. The van der Waals surface area contributed by atoms with Gasteiger partial charge in [-0.1, -0.05) is 78.4 Å². The number of alkyl halides is 1. The second-order valence-corrected chi connectivity index (χ2v) is 11.3. The molecule has 250 valence electrons. The number of amidine groups is 1. The van der Waals surface area contributed by atoms with E-state index in [-0.39, 0.29) is 6.04 Å². The molecule has 0 aliphatic rings. The van der Waals surface area contributed by atoms with E-state index in [9.17, 15) is 4.79 Å². The molecule has 0 aliphatic heterocycles. The van der Waals surface area contributed by atoms with Gasteiger partial charge >= 0.3 is 5.97 Å². The Morgan fingerprint density at radius 3 is 1.81 bits per heavy atom. The van der Waals surface area contributed by atoms with E-state index in [2.05, 4.69) is 98.9 Å². The number of ether oxygens (including phenoxy) is 1. The maximum absolute atomic E-state index is 10.2. The molecule has 8 heteroatoms. The number of halogens is 2. The Morgan fingerprint density at radius 1 is 0.915 bits per heavy atom. The summed E-state index contributed by atoms with van der Waals surface area (Å²) in [5, 5.41) is 8.38. The number of carboxylic acids is 1. The van der Waals surface area contributed by atoms with Gasteiger partial charge in [-0.05, 0) is 97.3 Å². The highest BCUT2D eigenvalue weighted by Gasteiger charge is 2.08. The summed E-state index contributed by atoms with van der Waals surface area (Å²) in [6.45, 7) is 7.81. The van der Waals surface area contributed by atoms with Gasteiger partial charge in [0.05, 0.1) is 11.6 Å². The largest absolute Gasteiger partial charge is 0.478 e. The Balaban J connectivity index is 0.000000610. The molecule has 4 aromatic carbocycles. The topological polar surface area (TPSA) is 62.1 Å². The molecular weight excluding hydrogens is 647 g/mol. The van der Waals surface area contributed by atoms with Crippen molar-refractivity contribution in [1.82, 2.24) is 4.90 Å². The molecule has 0 saturated carbocycles. The van der Waals surface area contributed by atoms with Crippen LogP contribution in [0.1, 0.15) is 36.2 Å². The van der Waals surface area contributed by atoms with E-state index in [0.717, 1.165) is 30.2 Å². The van der Waals surface area contributed by atoms with E-state index in [1.807, 2.05) is 37.3 Å². The fourth-order valence-electron chi connectivity index (χ4n) is 3.94. The highest BCUT2D eigenvalue weighted by atomic mass is 35.5. The first-order chi connectivity index (χ1) is 22.7. The van der Waals surface area contributed by atoms with Crippen molar-refractivity contribution < 1.29 is 14.6 Å². The smallest absolute Gasteiger partial charge is 0.335 e. The summed E-state index contributed by atoms with van der Waals surface area (Å²) in [6.07, 6.45) is 8.94. The second kappa shape index (κ2) is 24.2. The predicted octanol–water partition coefficient (Wildman–Crippen LogP) is 11.3. The molecule has 0 bridgehead atoms. The molecule has 0 aliphatic carbocycles. The van der Waals surface area contributed by atoms with Crippen LogP contribution in [0.15, 0.2) is 137 Å². The van der Waals surface area contributed by atoms with Crippen molar-refractivity contribution in [1.29, 1.82) is 0 Å². The summed E-state index contributed by atoms with van der Waals surface area (Å²) in [5.41, 5.74) is 5.41. The molecule has 47 heavy (non-hydrogen) atoms. The predicted molar refractivity (Wildman–Crippen MR) is 205 cm³/mol. The highest BCUT2D eigenvalue weighted by molar-refractivity contribution is 7.98. The van der Waals surface area contributed by atoms with E-state index >= 15 is 0 Å². The lowest BCUT2D eigenvalue weighted by Crippen LogP contribution is -2.25. The molecule has 1 atom stereocenters. The Labute approximate surface area is 295 Å². The number of nitrogens with zero attached hydrogens (tertiary/aromatic N) is 2. The standard InChI is InChI=1S/C28H32N2OS.C7H6O2.C3H5Cl.CH3Cl/c1-6-7-21(2)29-28(30(3)4)20-22-8-10-23(11-9-22)24-12-14-25(15-13-24)31-26-16-18-27(32-5)19-17-26;8-7(9)6-4-2-1-3-5-6;1-2-3-4;1-2/h6,8-19,21H,1,7,20H2,2-5H3;1-5H,(H,8,9);2-3H,1H3;1H3/b;;3-2+;. The minimum atomic E-state index is -0.879. The first kappa shape index (κ1) is 41.1. The summed E-state index contributed by atoms with van der Waals surface area (Å²) < 4.78 is 5.97. The van der Waals surface area contributed by atoms with Crippen LogP contribution >= 0.6 is 35.0 Å². The number of hydrogen-bond donors (Lipinski definition) is 1. The molecule has 0 heterocycles. The second-order valence-electron chi connectivity index (χ2n) is 10.1. The van der Waals surface area contributed by atoms with Gasteiger partial charge in [0.25, 0.3) is 0 Å². The Hall–Kier alpha value is -3.97. The Morgan fingerprint density at radius 2 is 1.40 bits per heavy atom. The van der Waals surface area contributed by atoms with Crippen molar-refractivity contribution in [3.63, 3.8) is 0 Å². The SMILES string of the molecule is C/C=C/Cl.C=CCC(C)N=C(Cc1ccc(-c2ccc(Oc3ccc(SC)cc3)cc2)cc1)N(C)C.CCl.O=C(O)c1ccccc1. The van der Waals surface area contributed by atoms with Crippen molar-refractivity contribution in [2.75, 3.05) is 26.7 Å². The van der Waals surface area contributed by atoms with E-state index in [1.54, 1.807) is 48.2 Å². The van der Waals surface area contributed by atoms with Crippen LogP contribution < -0.4 is 4.74 Å². The Kier molecular flexibility index (Phi) is 21.2. The van der Waals surface area contributed by atoms with E-state index in [0.29, 0.717) is 5.56 Å². The third-order valence-electron chi connectivity index (χ3n) is 6.34. The minimum absolute atomic E-state index is 0.244. The van der Waals surface area contributed by atoms with Crippen LogP contribution in [-0.4, -0.2) is 54.6 Å². The first-order valence-electron chi connectivity index (χ1n) is 14.9. The lowest BCUT2D eigenvalue weighted by molar-refractivity contribution is 0.0697. The molecule has 4 aromatic rings. The molecule has 0 aromatic heterocycles. The van der Waals surface area contributed by atoms with Gasteiger partial charge in [0.1, 0.15) is 17.3 Å². The van der Waals surface area contributed by atoms with E-state index < -0.39 is 5.97 Å². The van der Waals surface area contributed by atoms with E-state index in [1.165, 1.54) is 33.5 Å². The molecule has 0 radical (unpaired) electrons. The Bertz CT molecular complexity index is 1490. The summed E-state index contributed by atoms with van der Waals surface area (Å²) >= 11 is 11.4. The van der Waals surface area contributed by atoms with Crippen LogP contribution in [-0.2, 0) is 6.42 Å². The number of thioether (sulfide) groups is 1. The van der Waals surface area contributed by atoms with Crippen molar-refractivity contribution in [2.45, 2.75) is 37.6 Å². The maximum atomic E-state index is 10.2. The average Bonchev–Trinajstić information content (AvgIpc) is 3.10. The number of carboxylic acid groups (broad SMARTS) is 1. The van der Waals surface area contributed by atoms with Crippen molar-refractivity contribution in [3.05, 3.63) is 139 Å². The van der Waals surface area contributed by atoms with Gasteiger partial charge in [0.15, 0.2) is 0 Å². The van der Waals surface area contributed by atoms with Crippen molar-refractivity contribution >= 4 is 46.8 Å². The van der Waals surface area contributed by atoms with Gasteiger partial charge in [-0.2, -0.15) is 0 Å². The van der Waals surface area contributed by atoms with Crippen molar-refractivity contribution in [2.24, 2.45) is 4.99 Å². The molecule has 1 unspecified atom stereocenters. The van der Waals surface area contributed by atoms with Crippen LogP contribution in [0.2, 0.25) is 0 Å². The summed E-state index contributed by atoms with van der Waals surface area (Å²) in [5.74, 6) is 1.89. The monoisotopic (exact) mass is 692 g/mol. The van der Waals surface area contributed by atoms with Gasteiger partial charge in [-0.25, -0.2) is 4.79 Å². The number of hydrogen-bond acceptors (Lipinski definition) is 4. The lowest BCUT2D eigenvalue weighted by Gasteiger charge is -2.18. The maximum Gasteiger partial charge on any atom is 0.335 e. The number of aromatic carboxylic acids is 1. The summed E-state index contributed by atoms with van der Waals surface area (Å²) in [7, 11) is 4.10. The molecule has 4 rings (SSSR count). The number of rotatable bonds is 10. The number of allylic oxidation sites excluding steroid dienone is 1. The fraction of sp³-hybridized carbons (Fsp3) is 0.231. The molecular formula is C39H46Cl2N2O3S. The zero-order valence-corrected chi connectivity index (χ0v) is 30.4. The zero-order chi connectivity index (χ0) is 35.0. The quantitative estimate of drug-likeness (QED) is 0.0589. The molecule has 1 N–H and O–H groups in total. The van der Waals surface area contributed by atoms with Gasteiger partial charge in [-0.15, -0.1) is 29.9 Å². The first-order valence-corrected chi connectivity index (χ1v) is 17.4. The van der Waals surface area contributed by atoms with Crippen LogP contribution in [0.5, 0.6) is 11.5 Å². The number of aliphatic imine (C=N–C) groups is 1. The molecule has 0 fully saturated rings. The van der Waals surface area contributed by atoms with Gasteiger partial charge in [0.2, 0.25) is 0 Å². The number of carbonyl (C=O) groups is 1. The number of benzene rings is 4. The van der Waals surface area contributed by atoms with Crippen LogP contribution in [0.3, 0.4) is 0 Å². The van der Waals surface area contributed by atoms with E-state index in [4.69, 9.17) is 26.4 Å². The zero-order valence-electron chi connectivity index (χ0n) is 28.1. The highest BCUT2D eigenvalue weighted by Crippen LogP contribution is 2.27. The summed E-state index contributed by atoms with van der Waals surface area (Å²) in [4.78, 5) is 18.4. The summed E-state index contributed by atoms with van der Waals surface area (Å²) in [6, 6.07) is 33.6. The lowest BCUT2D eigenvalue weighted by atomic mass is 10.0. The van der Waals surface area contributed by atoms with Gasteiger partial charge < -0.3 is 14.7 Å². The molecule has 0 saturated heterocycles. The van der Waals surface area contributed by atoms with Crippen LogP contribution in [0.4, 0.5) is 0 Å². The minimum Gasteiger partial charge on any atom is -0.478 e. The van der Waals surface area contributed by atoms with Gasteiger partial charge in [0, 0.05) is 31.8 Å². The molecule has 5 nitrogen and oxygen atoms in total. The fourth-order valence-corrected chi connectivity index (χ4v) is 4.35. The third-order valence-corrected chi connectivity index (χ3v) is 7.33.